The molecule has 3 aromatic rings. The van der Waals surface area contributed by atoms with Crippen molar-refractivity contribution in [3.8, 4) is 5.75 Å². The smallest absolute Gasteiger partial charge is 0.264 e. The van der Waals surface area contributed by atoms with Crippen molar-refractivity contribution in [3.05, 3.63) is 91.3 Å². The number of amides is 2. The third kappa shape index (κ3) is 6.92. The number of hydrogen-bond donors (Lipinski definition) is 2. The lowest BCUT2D eigenvalue weighted by molar-refractivity contribution is -0.118. The van der Waals surface area contributed by atoms with Crippen LogP contribution < -0.4 is 15.4 Å². The second kappa shape index (κ2) is 11.0. The average Bonchev–Trinajstić information content (AvgIpc) is 3.15. The Morgan fingerprint density at radius 3 is 2.45 bits per heavy atom. The van der Waals surface area contributed by atoms with Crippen LogP contribution >= 0.6 is 50.3 Å². The van der Waals surface area contributed by atoms with Crippen molar-refractivity contribution in [2.24, 2.45) is 4.99 Å². The maximum atomic E-state index is 12.3. The number of carbonyl (C=O) groups is 2. The molecular formula is C24H17BrIN3O3S. The molecule has 4 rings (SSSR count). The SMILES string of the molecule is O=C(COc1ccc(/C=C2\SC(=Nc3ccc(Br)cc3)NC2=O)cc1)Nc1ccc(I)cc1. The maximum absolute atomic E-state index is 12.3. The van der Waals surface area contributed by atoms with Crippen LogP contribution in [0, 0.1) is 3.57 Å². The van der Waals surface area contributed by atoms with E-state index in [4.69, 9.17) is 4.74 Å². The van der Waals surface area contributed by atoms with Gasteiger partial charge < -0.3 is 15.4 Å². The number of hydrogen-bond acceptors (Lipinski definition) is 5. The number of nitrogens with one attached hydrogen (secondary N) is 2. The van der Waals surface area contributed by atoms with Crippen LogP contribution in [0.3, 0.4) is 0 Å². The summed E-state index contributed by atoms with van der Waals surface area (Å²) in [7, 11) is 0. The van der Waals surface area contributed by atoms with Crippen LogP contribution in [0.5, 0.6) is 5.75 Å². The van der Waals surface area contributed by atoms with Crippen molar-refractivity contribution >= 4 is 84.7 Å². The zero-order valence-electron chi connectivity index (χ0n) is 17.0. The molecule has 0 unspecified atom stereocenters. The van der Waals surface area contributed by atoms with E-state index >= 15 is 0 Å². The van der Waals surface area contributed by atoms with Gasteiger partial charge in [0.25, 0.3) is 11.8 Å². The Labute approximate surface area is 217 Å². The van der Waals surface area contributed by atoms with Gasteiger partial charge in [-0.05, 0) is 107 Å². The summed E-state index contributed by atoms with van der Waals surface area (Å²) in [6, 6.07) is 22.2. The van der Waals surface area contributed by atoms with Gasteiger partial charge in [-0.3, -0.25) is 9.59 Å². The van der Waals surface area contributed by atoms with Crippen molar-refractivity contribution in [1.82, 2.24) is 5.32 Å². The molecule has 1 fully saturated rings. The monoisotopic (exact) mass is 633 g/mol. The summed E-state index contributed by atoms with van der Waals surface area (Å²) in [4.78, 5) is 29.4. The standard InChI is InChI=1S/C24H17BrIN3O3S/c25-16-3-7-19(8-4-16)28-24-29-23(31)21(33-24)13-15-1-11-20(12-2-15)32-14-22(30)27-18-9-5-17(26)6-10-18/h1-13H,14H2,(H,27,30)(H,28,29,31)/b21-13-. The third-order valence-corrected chi connectivity index (χ3v) is 6.54. The molecule has 2 amide bonds. The number of anilines is 1. The summed E-state index contributed by atoms with van der Waals surface area (Å²) in [6.07, 6.45) is 1.79. The quantitative estimate of drug-likeness (QED) is 0.259. The maximum Gasteiger partial charge on any atom is 0.264 e. The zero-order chi connectivity index (χ0) is 23.2. The van der Waals surface area contributed by atoms with Crippen LogP contribution in [0.25, 0.3) is 6.08 Å². The van der Waals surface area contributed by atoms with E-state index in [2.05, 4.69) is 54.1 Å². The van der Waals surface area contributed by atoms with Crippen LogP contribution in [0.4, 0.5) is 11.4 Å². The van der Waals surface area contributed by atoms with Gasteiger partial charge in [-0.25, -0.2) is 4.99 Å². The van der Waals surface area contributed by atoms with Crippen molar-refractivity contribution in [2.75, 3.05) is 11.9 Å². The van der Waals surface area contributed by atoms with E-state index in [1.807, 2.05) is 60.7 Å². The number of ether oxygens (including phenoxy) is 1. The van der Waals surface area contributed by atoms with Crippen molar-refractivity contribution in [1.29, 1.82) is 0 Å². The van der Waals surface area contributed by atoms with Gasteiger partial charge in [0.15, 0.2) is 11.8 Å². The first-order chi connectivity index (χ1) is 15.9. The van der Waals surface area contributed by atoms with Gasteiger partial charge in [-0.1, -0.05) is 28.1 Å². The number of rotatable bonds is 6. The fraction of sp³-hybridized carbons (Fsp3) is 0.0417. The summed E-state index contributed by atoms with van der Waals surface area (Å²) in [5, 5.41) is 6.10. The minimum absolute atomic E-state index is 0.0967. The van der Waals surface area contributed by atoms with E-state index in [0.29, 0.717) is 15.8 Å². The molecule has 0 atom stereocenters. The molecule has 0 spiro atoms. The Morgan fingerprint density at radius 1 is 1.06 bits per heavy atom. The minimum Gasteiger partial charge on any atom is -0.484 e. The normalized spacial score (nSPS) is 15.5. The fourth-order valence-corrected chi connectivity index (χ4v) is 4.27. The highest BCUT2D eigenvalue weighted by Gasteiger charge is 2.23. The number of benzene rings is 3. The van der Waals surface area contributed by atoms with Gasteiger partial charge in [-0.2, -0.15) is 0 Å². The highest BCUT2D eigenvalue weighted by atomic mass is 127. The van der Waals surface area contributed by atoms with Crippen molar-refractivity contribution in [3.63, 3.8) is 0 Å². The summed E-state index contributed by atoms with van der Waals surface area (Å²) in [6.45, 7) is -0.0967. The number of aliphatic imine (C=N–C) groups is 1. The lowest BCUT2D eigenvalue weighted by Crippen LogP contribution is -2.20. The first-order valence-electron chi connectivity index (χ1n) is 9.78. The fourth-order valence-electron chi connectivity index (χ4n) is 2.80. The Hall–Kier alpha value is -2.63. The Bertz CT molecular complexity index is 1230. The van der Waals surface area contributed by atoms with Crippen LogP contribution in [-0.2, 0) is 9.59 Å². The highest BCUT2D eigenvalue weighted by molar-refractivity contribution is 14.1. The molecule has 3 aromatic carbocycles. The average molecular weight is 634 g/mol. The van der Waals surface area contributed by atoms with Crippen LogP contribution in [-0.4, -0.2) is 23.6 Å². The number of carbonyl (C=O) groups excluding carboxylic acids is 2. The zero-order valence-corrected chi connectivity index (χ0v) is 21.6. The molecule has 9 heteroatoms. The molecule has 1 saturated heterocycles. The van der Waals surface area contributed by atoms with E-state index in [9.17, 15) is 9.59 Å². The Morgan fingerprint density at radius 2 is 1.76 bits per heavy atom. The van der Waals surface area contributed by atoms with Gasteiger partial charge in [0.2, 0.25) is 0 Å². The Kier molecular flexibility index (Phi) is 7.84. The molecule has 1 aliphatic heterocycles. The first kappa shape index (κ1) is 23.5. The topological polar surface area (TPSA) is 79.8 Å². The molecule has 33 heavy (non-hydrogen) atoms. The molecule has 6 nitrogen and oxygen atoms in total. The highest BCUT2D eigenvalue weighted by Crippen LogP contribution is 2.29. The molecule has 2 N–H and O–H groups in total. The molecule has 0 aliphatic carbocycles. The number of nitrogens with zero attached hydrogens (tertiary/aromatic N) is 1. The number of amidine groups is 1. The molecule has 0 aromatic heterocycles. The molecule has 0 bridgehead atoms. The molecule has 1 aliphatic rings. The van der Waals surface area contributed by atoms with Crippen LogP contribution in [0.1, 0.15) is 5.56 Å². The molecule has 0 radical (unpaired) electrons. The van der Waals surface area contributed by atoms with Crippen molar-refractivity contribution in [2.45, 2.75) is 0 Å². The lowest BCUT2D eigenvalue weighted by atomic mass is 10.2. The number of halogens is 2. The van der Waals surface area contributed by atoms with E-state index in [-0.39, 0.29) is 18.4 Å². The first-order valence-corrected chi connectivity index (χ1v) is 12.5. The van der Waals surface area contributed by atoms with E-state index in [1.54, 1.807) is 18.2 Å². The third-order valence-electron chi connectivity index (χ3n) is 4.38. The van der Waals surface area contributed by atoms with Crippen molar-refractivity contribution < 1.29 is 14.3 Å². The lowest BCUT2D eigenvalue weighted by Gasteiger charge is -2.08. The van der Waals surface area contributed by atoms with Gasteiger partial charge >= 0.3 is 0 Å². The number of thioether (sulfide) groups is 1. The molecule has 166 valence electrons. The summed E-state index contributed by atoms with van der Waals surface area (Å²) < 4.78 is 7.62. The van der Waals surface area contributed by atoms with E-state index in [1.165, 1.54) is 11.8 Å². The predicted octanol–water partition coefficient (Wildman–Crippen LogP) is 5.96. The van der Waals surface area contributed by atoms with Gasteiger partial charge in [0.1, 0.15) is 5.75 Å². The van der Waals surface area contributed by atoms with E-state index in [0.717, 1.165) is 25.0 Å². The molecule has 1 heterocycles. The largest absolute Gasteiger partial charge is 0.484 e. The van der Waals surface area contributed by atoms with Crippen LogP contribution in [0.15, 0.2) is 87.2 Å². The summed E-state index contributed by atoms with van der Waals surface area (Å²) in [5.41, 5.74) is 2.32. The molecular weight excluding hydrogens is 617 g/mol. The predicted molar refractivity (Wildman–Crippen MR) is 145 cm³/mol. The van der Waals surface area contributed by atoms with E-state index < -0.39 is 0 Å². The second-order valence-electron chi connectivity index (χ2n) is 6.87. The van der Waals surface area contributed by atoms with Gasteiger partial charge in [-0.15, -0.1) is 0 Å². The second-order valence-corrected chi connectivity index (χ2v) is 10.1. The molecule has 0 saturated carbocycles. The van der Waals surface area contributed by atoms with Crippen LogP contribution in [0.2, 0.25) is 0 Å². The summed E-state index contributed by atoms with van der Waals surface area (Å²) in [5.74, 6) is 0.137. The van der Waals surface area contributed by atoms with Gasteiger partial charge in [0.05, 0.1) is 10.6 Å². The Balaban J connectivity index is 1.33. The van der Waals surface area contributed by atoms with Gasteiger partial charge in [0, 0.05) is 13.7 Å². The summed E-state index contributed by atoms with van der Waals surface area (Å²) >= 11 is 6.88. The minimum atomic E-state index is -0.237.